The number of hydrogen-bond donors (Lipinski definition) is 3. The van der Waals surface area contributed by atoms with E-state index < -0.39 is 26.9 Å². The van der Waals surface area contributed by atoms with E-state index in [1.54, 1.807) is 28.9 Å². The summed E-state index contributed by atoms with van der Waals surface area (Å²) in [4.78, 5) is 13.5. The van der Waals surface area contributed by atoms with Gasteiger partial charge in [-0.15, -0.1) is 0 Å². The number of aryl methyl sites for hydroxylation is 1. The number of nitrogens with one attached hydrogen (secondary N) is 3. The Morgan fingerprint density at radius 3 is 2.36 bits per heavy atom. The summed E-state index contributed by atoms with van der Waals surface area (Å²) < 4.78 is 44.1. The van der Waals surface area contributed by atoms with Gasteiger partial charge in [0.1, 0.15) is 11.6 Å². The SMILES string of the molecule is Cc1ccc(-n2nc(C(C)(C)C)cc2NC(=O)Nc2ccccc2C(C2CCNCC2)S(=O)(=O)c2ccc(F)c(Cl)c2)cc1. The summed E-state index contributed by atoms with van der Waals surface area (Å²) in [6.45, 7) is 9.46. The fourth-order valence-electron chi connectivity index (χ4n) is 5.47. The van der Waals surface area contributed by atoms with Crippen molar-refractivity contribution in [3.05, 3.63) is 100 Å². The van der Waals surface area contributed by atoms with E-state index in [9.17, 15) is 17.6 Å². The highest BCUT2D eigenvalue weighted by atomic mass is 35.5. The van der Waals surface area contributed by atoms with Crippen LogP contribution in [0.25, 0.3) is 5.69 Å². The van der Waals surface area contributed by atoms with Gasteiger partial charge in [0.15, 0.2) is 9.84 Å². The molecule has 0 aliphatic carbocycles. The molecule has 1 unspecified atom stereocenters. The van der Waals surface area contributed by atoms with Gasteiger partial charge in [0.25, 0.3) is 0 Å². The minimum atomic E-state index is -4.03. The number of nitrogens with zero attached hydrogens (tertiary/aromatic N) is 2. The predicted octanol–water partition coefficient (Wildman–Crippen LogP) is 7.43. The maximum Gasteiger partial charge on any atom is 0.324 e. The van der Waals surface area contributed by atoms with Gasteiger partial charge in [-0.2, -0.15) is 5.10 Å². The van der Waals surface area contributed by atoms with Crippen molar-refractivity contribution >= 4 is 39.0 Å². The van der Waals surface area contributed by atoms with E-state index in [1.165, 1.54) is 6.07 Å². The molecule has 8 nitrogen and oxygen atoms in total. The highest BCUT2D eigenvalue weighted by molar-refractivity contribution is 7.91. The molecule has 2 amide bonds. The number of aromatic nitrogens is 2. The Bertz CT molecular complexity index is 1760. The van der Waals surface area contributed by atoms with Crippen molar-refractivity contribution in [3.8, 4) is 5.69 Å². The number of hydrogen-bond acceptors (Lipinski definition) is 5. The Morgan fingerprint density at radius 1 is 1.02 bits per heavy atom. The van der Waals surface area contributed by atoms with Gasteiger partial charge >= 0.3 is 6.03 Å². The standard InChI is InChI=1S/C33H37ClFN5O3S/c1-21-9-11-23(12-10-21)40-30(20-29(39-40)33(2,3)4)38-32(41)37-28-8-6-5-7-25(28)31(22-15-17-36-18-16-22)44(42,43)24-13-14-27(35)26(34)19-24/h5-14,19-20,22,31,36H,15-18H2,1-4H3,(H2,37,38,41). The summed E-state index contributed by atoms with van der Waals surface area (Å²) in [5, 5.41) is 12.6. The van der Waals surface area contributed by atoms with E-state index in [0.29, 0.717) is 43.0 Å². The van der Waals surface area contributed by atoms with Crippen LogP contribution >= 0.6 is 11.6 Å². The van der Waals surface area contributed by atoms with Crippen molar-refractivity contribution in [1.29, 1.82) is 0 Å². The Labute approximate surface area is 262 Å². The van der Waals surface area contributed by atoms with Crippen molar-refractivity contribution in [2.24, 2.45) is 5.92 Å². The third-order valence-corrected chi connectivity index (χ3v) is 10.4. The normalized spacial score (nSPS) is 15.1. The molecule has 0 bridgehead atoms. The molecule has 4 aromatic rings. The van der Waals surface area contributed by atoms with Gasteiger partial charge in [0, 0.05) is 17.2 Å². The molecule has 3 N–H and O–H groups in total. The minimum Gasteiger partial charge on any atom is -0.317 e. The zero-order valence-electron chi connectivity index (χ0n) is 25.2. The van der Waals surface area contributed by atoms with Crippen LogP contribution in [0, 0.1) is 18.7 Å². The number of rotatable bonds is 7. The molecule has 0 spiro atoms. The summed E-state index contributed by atoms with van der Waals surface area (Å²) in [6, 6.07) is 19.5. The van der Waals surface area contributed by atoms with Crippen LogP contribution in [0.5, 0.6) is 0 Å². The molecule has 0 radical (unpaired) electrons. The second-order valence-corrected chi connectivity index (χ2v) is 14.7. The van der Waals surface area contributed by atoms with E-state index >= 15 is 0 Å². The first-order valence-corrected chi connectivity index (χ1v) is 16.5. The summed E-state index contributed by atoms with van der Waals surface area (Å²) in [7, 11) is -4.03. The number of benzene rings is 3. The van der Waals surface area contributed by atoms with Crippen LogP contribution in [0.4, 0.5) is 20.7 Å². The van der Waals surface area contributed by atoms with Gasteiger partial charge in [-0.25, -0.2) is 22.3 Å². The highest BCUT2D eigenvalue weighted by Crippen LogP contribution is 2.42. The van der Waals surface area contributed by atoms with Crippen LogP contribution in [-0.4, -0.2) is 37.3 Å². The van der Waals surface area contributed by atoms with Crippen LogP contribution in [0.2, 0.25) is 5.02 Å². The van der Waals surface area contributed by atoms with E-state index in [4.69, 9.17) is 16.7 Å². The molecule has 1 aliphatic heterocycles. The third-order valence-electron chi connectivity index (χ3n) is 7.88. The largest absolute Gasteiger partial charge is 0.324 e. The average molecular weight is 638 g/mol. The Hall–Kier alpha value is -3.73. The van der Waals surface area contributed by atoms with E-state index in [1.807, 2.05) is 58.0 Å². The Morgan fingerprint density at radius 2 is 1.70 bits per heavy atom. The van der Waals surface area contributed by atoms with Gasteiger partial charge in [0.2, 0.25) is 0 Å². The Balaban J connectivity index is 1.50. The fraction of sp³-hybridized carbons (Fsp3) is 0.333. The van der Waals surface area contributed by atoms with Gasteiger partial charge in [0.05, 0.1) is 26.5 Å². The monoisotopic (exact) mass is 637 g/mol. The van der Waals surface area contributed by atoms with Crippen molar-refractivity contribution in [1.82, 2.24) is 15.1 Å². The van der Waals surface area contributed by atoms with Crippen LogP contribution in [0.15, 0.2) is 77.7 Å². The molecule has 1 saturated heterocycles. The lowest BCUT2D eigenvalue weighted by Crippen LogP contribution is -2.34. The number of para-hydroxylation sites is 1. The van der Waals surface area contributed by atoms with E-state index in [2.05, 4.69) is 16.0 Å². The van der Waals surface area contributed by atoms with Crippen LogP contribution in [0.1, 0.15) is 55.7 Å². The van der Waals surface area contributed by atoms with Crippen LogP contribution in [-0.2, 0) is 15.3 Å². The van der Waals surface area contributed by atoms with E-state index in [0.717, 1.165) is 29.1 Å². The fourth-order valence-corrected chi connectivity index (χ4v) is 7.87. The minimum absolute atomic E-state index is 0.0663. The summed E-state index contributed by atoms with van der Waals surface area (Å²) >= 11 is 6.01. The van der Waals surface area contributed by atoms with Crippen molar-refractivity contribution in [2.45, 2.75) is 56.1 Å². The number of amides is 2. The lowest BCUT2D eigenvalue weighted by molar-refractivity contribution is 0.262. The number of anilines is 2. The number of sulfone groups is 1. The highest BCUT2D eigenvalue weighted by Gasteiger charge is 2.38. The summed E-state index contributed by atoms with van der Waals surface area (Å²) in [5.41, 5.74) is 3.23. The molecule has 11 heteroatoms. The molecule has 5 rings (SSSR count). The zero-order valence-corrected chi connectivity index (χ0v) is 26.8. The summed E-state index contributed by atoms with van der Waals surface area (Å²) in [6.07, 6.45) is 1.23. The first kappa shape index (κ1) is 31.7. The zero-order chi connectivity index (χ0) is 31.6. The molecular weight excluding hydrogens is 601 g/mol. The van der Waals surface area contributed by atoms with Gasteiger partial charge in [-0.3, -0.25) is 5.32 Å². The molecule has 1 atom stereocenters. The van der Waals surface area contributed by atoms with Crippen molar-refractivity contribution in [2.75, 3.05) is 23.7 Å². The van der Waals surface area contributed by atoms with Gasteiger partial charge in [-0.05, 0) is 80.7 Å². The molecule has 1 fully saturated rings. The maximum absolute atomic E-state index is 14.2. The molecule has 1 aliphatic rings. The molecule has 44 heavy (non-hydrogen) atoms. The number of carbonyl (C=O) groups excluding carboxylic acids is 1. The van der Waals surface area contributed by atoms with Gasteiger partial charge < -0.3 is 10.6 Å². The first-order valence-electron chi connectivity index (χ1n) is 14.6. The number of carbonyl (C=O) groups is 1. The molecule has 2 heterocycles. The first-order chi connectivity index (χ1) is 20.8. The maximum atomic E-state index is 14.2. The summed E-state index contributed by atoms with van der Waals surface area (Å²) in [5.74, 6) is -0.465. The van der Waals surface area contributed by atoms with Crippen LogP contribution in [0.3, 0.4) is 0 Å². The molecule has 0 saturated carbocycles. The second kappa shape index (κ2) is 12.7. The average Bonchev–Trinajstić information content (AvgIpc) is 3.40. The smallest absolute Gasteiger partial charge is 0.317 e. The van der Waals surface area contributed by atoms with Crippen molar-refractivity contribution < 1.29 is 17.6 Å². The second-order valence-electron chi connectivity index (χ2n) is 12.2. The van der Waals surface area contributed by atoms with Gasteiger partial charge in [-0.1, -0.05) is 68.3 Å². The quantitative estimate of drug-likeness (QED) is 0.183. The number of piperidine rings is 1. The van der Waals surface area contributed by atoms with Crippen LogP contribution < -0.4 is 16.0 Å². The number of halogens is 2. The lowest BCUT2D eigenvalue weighted by Gasteiger charge is -2.32. The van der Waals surface area contributed by atoms with Crippen molar-refractivity contribution in [3.63, 3.8) is 0 Å². The number of urea groups is 1. The molecule has 1 aromatic heterocycles. The molecular formula is C33H37ClFN5O3S. The predicted molar refractivity (Wildman–Crippen MR) is 173 cm³/mol. The van der Waals surface area contributed by atoms with E-state index in [-0.39, 0.29) is 21.3 Å². The molecule has 232 valence electrons. The third kappa shape index (κ3) is 6.82. The molecule has 3 aromatic carbocycles. The lowest BCUT2D eigenvalue weighted by atomic mass is 9.89. The topological polar surface area (TPSA) is 105 Å². The Kier molecular flexibility index (Phi) is 9.15.